The second-order valence-corrected chi connectivity index (χ2v) is 3.66. The average Bonchev–Trinajstić information content (AvgIpc) is 2.22. The third kappa shape index (κ3) is 2.01. The van der Waals surface area contributed by atoms with Gasteiger partial charge in [0.15, 0.2) is 0 Å². The molecule has 1 amide bonds. The first-order valence-electron chi connectivity index (χ1n) is 4.88. The molecule has 0 radical (unpaired) electrons. The summed E-state index contributed by atoms with van der Waals surface area (Å²) >= 11 is 0. The highest BCUT2D eigenvalue weighted by molar-refractivity contribution is 5.82. The predicted octanol–water partition coefficient (Wildman–Crippen LogP) is -0.0578. The topological polar surface area (TPSA) is 62.5 Å². The quantitative estimate of drug-likeness (QED) is 0.699. The fourth-order valence-electron chi connectivity index (χ4n) is 1.57. The van der Waals surface area contributed by atoms with Crippen molar-refractivity contribution in [2.45, 2.75) is 0 Å². The minimum atomic E-state index is 0.116. The zero-order chi connectivity index (χ0) is 10.8. The van der Waals surface area contributed by atoms with Crippen LogP contribution in [-0.2, 0) is 4.79 Å². The number of pyridine rings is 1. The molecule has 0 unspecified atom stereocenters. The predicted molar refractivity (Wildman–Crippen MR) is 58.5 cm³/mol. The van der Waals surface area contributed by atoms with Crippen molar-refractivity contribution in [3.8, 4) is 0 Å². The second kappa shape index (κ2) is 3.76. The third-order valence-electron chi connectivity index (χ3n) is 2.54. The van der Waals surface area contributed by atoms with Gasteiger partial charge in [0, 0.05) is 20.1 Å². The van der Waals surface area contributed by atoms with Gasteiger partial charge in [-0.05, 0) is 12.1 Å². The number of anilines is 2. The molecule has 2 rings (SSSR count). The number of nitrogens with two attached hydrogens (primary N) is 1. The van der Waals surface area contributed by atoms with E-state index in [-0.39, 0.29) is 5.91 Å². The standard InChI is InChI=1S/C10H14N4O/c1-13-5-6-14(7-10(13)15)9-4-2-3-8(11)12-9/h2-4H,5-7H2,1H3,(H2,11,12). The van der Waals surface area contributed by atoms with Crippen LogP contribution < -0.4 is 10.6 Å². The lowest BCUT2D eigenvalue weighted by atomic mass is 10.3. The van der Waals surface area contributed by atoms with Gasteiger partial charge in [0.2, 0.25) is 5.91 Å². The molecule has 1 fully saturated rings. The van der Waals surface area contributed by atoms with Crippen LogP contribution in [0.25, 0.3) is 0 Å². The number of amides is 1. The van der Waals surface area contributed by atoms with Gasteiger partial charge >= 0.3 is 0 Å². The molecule has 0 spiro atoms. The van der Waals surface area contributed by atoms with E-state index in [2.05, 4.69) is 4.98 Å². The number of carbonyl (C=O) groups excluding carboxylic acids is 1. The second-order valence-electron chi connectivity index (χ2n) is 3.66. The summed E-state index contributed by atoms with van der Waals surface area (Å²) in [6, 6.07) is 5.46. The van der Waals surface area contributed by atoms with Gasteiger partial charge in [-0.2, -0.15) is 0 Å². The van der Waals surface area contributed by atoms with Crippen molar-refractivity contribution in [1.82, 2.24) is 9.88 Å². The summed E-state index contributed by atoms with van der Waals surface area (Å²) in [6.45, 7) is 1.92. The number of piperazine rings is 1. The summed E-state index contributed by atoms with van der Waals surface area (Å²) in [5.74, 6) is 1.38. The number of carbonyl (C=O) groups is 1. The Labute approximate surface area is 88.5 Å². The monoisotopic (exact) mass is 206 g/mol. The molecule has 1 aliphatic rings. The highest BCUT2D eigenvalue weighted by atomic mass is 16.2. The number of aromatic nitrogens is 1. The zero-order valence-electron chi connectivity index (χ0n) is 8.68. The van der Waals surface area contributed by atoms with Crippen LogP contribution in [0.5, 0.6) is 0 Å². The van der Waals surface area contributed by atoms with Crippen molar-refractivity contribution in [3.63, 3.8) is 0 Å². The van der Waals surface area contributed by atoms with Crippen LogP contribution in [0.3, 0.4) is 0 Å². The van der Waals surface area contributed by atoms with E-state index < -0.39 is 0 Å². The number of hydrogen-bond donors (Lipinski definition) is 1. The van der Waals surface area contributed by atoms with E-state index in [0.717, 1.165) is 18.9 Å². The Morgan fingerprint density at radius 2 is 2.20 bits per heavy atom. The minimum absolute atomic E-state index is 0.116. The summed E-state index contributed by atoms with van der Waals surface area (Å²) < 4.78 is 0. The molecule has 5 heteroatoms. The van der Waals surface area contributed by atoms with Gasteiger partial charge < -0.3 is 15.5 Å². The molecule has 0 aliphatic carbocycles. The molecule has 1 aliphatic heterocycles. The van der Waals surface area contributed by atoms with Crippen LogP contribution in [-0.4, -0.2) is 42.5 Å². The molecule has 15 heavy (non-hydrogen) atoms. The van der Waals surface area contributed by atoms with Crippen LogP contribution in [0.2, 0.25) is 0 Å². The highest BCUT2D eigenvalue weighted by Gasteiger charge is 2.21. The molecular formula is C10H14N4O. The molecule has 1 saturated heterocycles. The summed E-state index contributed by atoms with van der Waals surface area (Å²) in [5.41, 5.74) is 5.59. The highest BCUT2D eigenvalue weighted by Crippen LogP contribution is 2.14. The SMILES string of the molecule is CN1CCN(c2cccc(N)n2)CC1=O. The van der Waals surface area contributed by atoms with Crippen LogP contribution >= 0.6 is 0 Å². The van der Waals surface area contributed by atoms with Gasteiger partial charge in [-0.25, -0.2) is 4.98 Å². The van der Waals surface area contributed by atoms with Crippen molar-refractivity contribution < 1.29 is 4.79 Å². The first kappa shape index (κ1) is 9.76. The first-order chi connectivity index (χ1) is 7.16. The van der Waals surface area contributed by atoms with E-state index >= 15 is 0 Å². The maximum absolute atomic E-state index is 11.5. The van der Waals surface area contributed by atoms with Gasteiger partial charge in [0.25, 0.3) is 0 Å². The maximum Gasteiger partial charge on any atom is 0.241 e. The molecule has 80 valence electrons. The first-order valence-corrected chi connectivity index (χ1v) is 4.88. The normalized spacial score (nSPS) is 17.0. The van der Waals surface area contributed by atoms with Gasteiger partial charge in [-0.3, -0.25) is 4.79 Å². The fourth-order valence-corrected chi connectivity index (χ4v) is 1.57. The Morgan fingerprint density at radius 3 is 2.87 bits per heavy atom. The van der Waals surface area contributed by atoms with E-state index in [0.29, 0.717) is 12.4 Å². The fraction of sp³-hybridized carbons (Fsp3) is 0.400. The van der Waals surface area contributed by atoms with E-state index in [1.165, 1.54) is 0 Å². The lowest BCUT2D eigenvalue weighted by Crippen LogP contribution is -2.48. The Bertz CT molecular complexity index is 379. The lowest BCUT2D eigenvalue weighted by molar-refractivity contribution is -0.129. The molecule has 0 bridgehead atoms. The lowest BCUT2D eigenvalue weighted by Gasteiger charge is -2.32. The summed E-state index contributed by atoms with van der Waals surface area (Å²) in [7, 11) is 1.81. The average molecular weight is 206 g/mol. The third-order valence-corrected chi connectivity index (χ3v) is 2.54. The Hall–Kier alpha value is -1.78. The number of nitrogen functional groups attached to an aromatic ring is 1. The molecular weight excluding hydrogens is 192 g/mol. The Kier molecular flexibility index (Phi) is 2.45. The maximum atomic E-state index is 11.5. The van der Waals surface area contributed by atoms with E-state index in [4.69, 9.17) is 5.73 Å². The minimum Gasteiger partial charge on any atom is -0.384 e. The summed E-state index contributed by atoms with van der Waals surface area (Å²) in [4.78, 5) is 19.3. The Balaban J connectivity index is 2.15. The molecule has 0 atom stereocenters. The summed E-state index contributed by atoms with van der Waals surface area (Å²) in [5, 5.41) is 0. The van der Waals surface area contributed by atoms with Gasteiger partial charge in [-0.15, -0.1) is 0 Å². The number of nitrogens with zero attached hydrogens (tertiary/aromatic N) is 3. The molecule has 0 aromatic carbocycles. The molecule has 0 saturated carbocycles. The van der Waals surface area contributed by atoms with Gasteiger partial charge in [0.05, 0.1) is 6.54 Å². The van der Waals surface area contributed by atoms with E-state index in [9.17, 15) is 4.79 Å². The molecule has 2 heterocycles. The molecule has 2 N–H and O–H groups in total. The molecule has 1 aromatic heterocycles. The van der Waals surface area contributed by atoms with Crippen LogP contribution in [0.15, 0.2) is 18.2 Å². The number of likely N-dealkylation sites (N-methyl/N-ethyl adjacent to an activating group) is 1. The summed E-state index contributed by atoms with van der Waals surface area (Å²) in [6.07, 6.45) is 0. The van der Waals surface area contributed by atoms with Gasteiger partial charge in [0.1, 0.15) is 11.6 Å². The number of rotatable bonds is 1. The van der Waals surface area contributed by atoms with Gasteiger partial charge in [-0.1, -0.05) is 6.07 Å². The Morgan fingerprint density at radius 1 is 1.40 bits per heavy atom. The van der Waals surface area contributed by atoms with E-state index in [1.54, 1.807) is 11.0 Å². The zero-order valence-corrected chi connectivity index (χ0v) is 8.68. The smallest absolute Gasteiger partial charge is 0.241 e. The van der Waals surface area contributed by atoms with Crippen LogP contribution in [0, 0.1) is 0 Å². The molecule has 1 aromatic rings. The largest absolute Gasteiger partial charge is 0.384 e. The van der Waals surface area contributed by atoms with Crippen LogP contribution in [0.4, 0.5) is 11.6 Å². The van der Waals surface area contributed by atoms with Crippen molar-refractivity contribution in [1.29, 1.82) is 0 Å². The van der Waals surface area contributed by atoms with Crippen molar-refractivity contribution in [2.24, 2.45) is 0 Å². The van der Waals surface area contributed by atoms with Crippen molar-refractivity contribution >= 4 is 17.5 Å². The van der Waals surface area contributed by atoms with Crippen LogP contribution in [0.1, 0.15) is 0 Å². The van der Waals surface area contributed by atoms with E-state index in [1.807, 2.05) is 24.1 Å². The molecule has 5 nitrogen and oxygen atoms in total. The van der Waals surface area contributed by atoms with Crippen molar-refractivity contribution in [3.05, 3.63) is 18.2 Å². The number of hydrogen-bond acceptors (Lipinski definition) is 4. The van der Waals surface area contributed by atoms with Crippen molar-refractivity contribution in [2.75, 3.05) is 37.3 Å².